The van der Waals surface area contributed by atoms with E-state index in [1.165, 1.54) is 4.90 Å². The number of anilines is 1. The fraction of sp³-hybridized carbons (Fsp3) is 0.533. The summed E-state index contributed by atoms with van der Waals surface area (Å²) in [5, 5.41) is 6.11. The summed E-state index contributed by atoms with van der Waals surface area (Å²) in [4.78, 5) is 12.8. The molecular weight excluding hydrogens is 272 g/mol. The molecule has 112 valence electrons. The lowest BCUT2D eigenvalue weighted by atomic mass is 10.2. The number of alkyl carbamates (subject to hydrolysis) is 1. The van der Waals surface area contributed by atoms with Gasteiger partial charge in [-0.1, -0.05) is 6.07 Å². The van der Waals surface area contributed by atoms with Gasteiger partial charge in [0.1, 0.15) is 5.60 Å². The average molecular weight is 296 g/mol. The van der Waals surface area contributed by atoms with Gasteiger partial charge in [0, 0.05) is 23.2 Å². The molecule has 5 heteroatoms. The highest BCUT2D eigenvalue weighted by Crippen LogP contribution is 2.19. The maximum absolute atomic E-state index is 11.6. The Morgan fingerprint density at radius 3 is 2.70 bits per heavy atom. The van der Waals surface area contributed by atoms with Crippen molar-refractivity contribution in [1.82, 2.24) is 5.32 Å². The molecule has 0 heterocycles. The highest BCUT2D eigenvalue weighted by molar-refractivity contribution is 7.98. The fourth-order valence-electron chi connectivity index (χ4n) is 1.60. The molecule has 20 heavy (non-hydrogen) atoms. The van der Waals surface area contributed by atoms with Gasteiger partial charge in [0.15, 0.2) is 0 Å². The number of rotatable bonds is 5. The summed E-state index contributed by atoms with van der Waals surface area (Å²) in [6, 6.07) is 8.32. The smallest absolute Gasteiger partial charge is 0.407 e. The van der Waals surface area contributed by atoms with Gasteiger partial charge in [0.25, 0.3) is 0 Å². The highest BCUT2D eigenvalue weighted by atomic mass is 32.2. The molecule has 0 bridgehead atoms. The first-order valence-electron chi connectivity index (χ1n) is 6.67. The molecule has 0 aliphatic carbocycles. The Morgan fingerprint density at radius 1 is 1.40 bits per heavy atom. The summed E-state index contributed by atoms with van der Waals surface area (Å²) in [5.74, 6) is 0. The predicted molar refractivity (Wildman–Crippen MR) is 85.5 cm³/mol. The summed E-state index contributed by atoms with van der Waals surface area (Å²) in [6.45, 7) is 8.08. The number of carbonyl (C=O) groups is 1. The quantitative estimate of drug-likeness (QED) is 0.813. The summed E-state index contributed by atoms with van der Waals surface area (Å²) in [5.41, 5.74) is 0.586. The topological polar surface area (TPSA) is 50.4 Å². The molecular formula is C15H24N2O2S. The van der Waals surface area contributed by atoms with E-state index in [2.05, 4.69) is 22.8 Å². The lowest BCUT2D eigenvalue weighted by molar-refractivity contribution is 0.0526. The molecule has 0 aliphatic rings. The molecule has 1 amide bonds. The Bertz CT molecular complexity index is 444. The van der Waals surface area contributed by atoms with Crippen LogP contribution in [0.4, 0.5) is 10.5 Å². The van der Waals surface area contributed by atoms with Gasteiger partial charge in [-0.25, -0.2) is 4.79 Å². The Hall–Kier alpha value is -1.36. The molecule has 0 aliphatic heterocycles. The second kappa shape index (κ2) is 7.43. The van der Waals surface area contributed by atoms with E-state index in [-0.39, 0.29) is 12.1 Å². The van der Waals surface area contributed by atoms with Crippen molar-refractivity contribution >= 4 is 23.5 Å². The van der Waals surface area contributed by atoms with Crippen molar-refractivity contribution in [1.29, 1.82) is 0 Å². The van der Waals surface area contributed by atoms with Crippen molar-refractivity contribution in [2.75, 3.05) is 18.1 Å². The average Bonchev–Trinajstić information content (AvgIpc) is 2.34. The Kier molecular flexibility index (Phi) is 6.20. The van der Waals surface area contributed by atoms with Crippen LogP contribution in [-0.4, -0.2) is 30.5 Å². The van der Waals surface area contributed by atoms with Crippen LogP contribution in [0.15, 0.2) is 29.2 Å². The van der Waals surface area contributed by atoms with E-state index in [9.17, 15) is 4.79 Å². The molecule has 2 N–H and O–H groups in total. The first-order valence-corrected chi connectivity index (χ1v) is 7.90. The van der Waals surface area contributed by atoms with Crippen LogP contribution in [0, 0.1) is 0 Å². The predicted octanol–water partition coefficient (Wildman–Crippen LogP) is 3.73. The highest BCUT2D eigenvalue weighted by Gasteiger charge is 2.16. The number of benzene rings is 1. The lowest BCUT2D eigenvalue weighted by Gasteiger charge is -2.21. The van der Waals surface area contributed by atoms with Crippen LogP contribution in [0.25, 0.3) is 0 Å². The van der Waals surface area contributed by atoms with Crippen molar-refractivity contribution < 1.29 is 9.53 Å². The Labute approximate surface area is 125 Å². The first-order chi connectivity index (χ1) is 9.30. The lowest BCUT2D eigenvalue weighted by Crippen LogP contribution is -2.38. The molecule has 1 aromatic carbocycles. The van der Waals surface area contributed by atoms with Gasteiger partial charge in [-0.05, 0) is 52.1 Å². The monoisotopic (exact) mass is 296 g/mol. The number of amides is 1. The van der Waals surface area contributed by atoms with Crippen LogP contribution in [0.2, 0.25) is 0 Å². The molecule has 1 rings (SSSR count). The van der Waals surface area contributed by atoms with E-state index in [4.69, 9.17) is 4.74 Å². The summed E-state index contributed by atoms with van der Waals surface area (Å²) >= 11 is 1.70. The molecule has 4 nitrogen and oxygen atoms in total. The maximum Gasteiger partial charge on any atom is 0.407 e. The van der Waals surface area contributed by atoms with Gasteiger partial charge in [0.05, 0.1) is 0 Å². The number of hydrogen-bond acceptors (Lipinski definition) is 4. The van der Waals surface area contributed by atoms with Gasteiger partial charge < -0.3 is 15.4 Å². The van der Waals surface area contributed by atoms with E-state index >= 15 is 0 Å². The second-order valence-electron chi connectivity index (χ2n) is 5.66. The van der Waals surface area contributed by atoms with Crippen molar-refractivity contribution in [3.05, 3.63) is 24.3 Å². The minimum absolute atomic E-state index is 0.125. The molecule has 0 saturated carbocycles. The number of nitrogens with one attached hydrogen (secondary N) is 2. The van der Waals surface area contributed by atoms with Gasteiger partial charge in [-0.2, -0.15) is 0 Å². The molecule has 0 spiro atoms. The first kappa shape index (κ1) is 16.7. The SMILES string of the molecule is CSc1cccc(NC(C)CNC(=O)OC(C)(C)C)c1. The molecule has 1 aromatic rings. The van der Waals surface area contributed by atoms with Crippen LogP contribution in [0.1, 0.15) is 27.7 Å². The van der Waals surface area contributed by atoms with Crippen molar-refractivity contribution in [3.63, 3.8) is 0 Å². The zero-order valence-electron chi connectivity index (χ0n) is 12.8. The molecule has 0 aromatic heterocycles. The third kappa shape index (κ3) is 6.70. The van der Waals surface area contributed by atoms with Gasteiger partial charge in [0.2, 0.25) is 0 Å². The molecule has 0 radical (unpaired) electrons. The van der Waals surface area contributed by atoms with Crippen LogP contribution < -0.4 is 10.6 Å². The van der Waals surface area contributed by atoms with Crippen molar-refractivity contribution in [2.24, 2.45) is 0 Å². The Morgan fingerprint density at radius 2 is 2.10 bits per heavy atom. The summed E-state index contributed by atoms with van der Waals surface area (Å²) < 4.78 is 5.19. The minimum atomic E-state index is -0.465. The largest absolute Gasteiger partial charge is 0.444 e. The fourth-order valence-corrected chi connectivity index (χ4v) is 2.06. The number of hydrogen-bond donors (Lipinski definition) is 2. The van der Waals surface area contributed by atoms with Crippen LogP contribution in [0.3, 0.4) is 0 Å². The molecule has 0 fully saturated rings. The molecule has 0 saturated heterocycles. The zero-order valence-corrected chi connectivity index (χ0v) is 13.6. The van der Waals surface area contributed by atoms with Gasteiger partial charge in [-0.15, -0.1) is 11.8 Å². The number of thioether (sulfide) groups is 1. The summed E-state index contributed by atoms with van der Waals surface area (Å²) in [7, 11) is 0. The van der Waals surface area contributed by atoms with Crippen LogP contribution in [0.5, 0.6) is 0 Å². The third-order valence-electron chi connectivity index (χ3n) is 2.43. The standard InChI is InChI=1S/C15H24N2O2S/c1-11(10-16-14(18)19-15(2,3)4)17-12-7-6-8-13(9-12)20-5/h6-9,11,17H,10H2,1-5H3,(H,16,18). The number of ether oxygens (including phenoxy) is 1. The molecule has 1 unspecified atom stereocenters. The van der Waals surface area contributed by atoms with Crippen LogP contribution >= 0.6 is 11.8 Å². The second-order valence-corrected chi connectivity index (χ2v) is 6.54. The minimum Gasteiger partial charge on any atom is -0.444 e. The summed E-state index contributed by atoms with van der Waals surface area (Å²) in [6.07, 6.45) is 1.66. The van der Waals surface area contributed by atoms with Crippen molar-refractivity contribution in [3.8, 4) is 0 Å². The van der Waals surface area contributed by atoms with E-state index in [0.717, 1.165) is 5.69 Å². The normalized spacial score (nSPS) is 12.7. The molecule has 1 atom stereocenters. The van der Waals surface area contributed by atoms with E-state index in [0.29, 0.717) is 6.54 Å². The maximum atomic E-state index is 11.6. The zero-order chi connectivity index (χ0) is 15.2. The third-order valence-corrected chi connectivity index (χ3v) is 3.16. The van der Waals surface area contributed by atoms with E-state index in [1.807, 2.05) is 46.1 Å². The van der Waals surface area contributed by atoms with Gasteiger partial charge in [-0.3, -0.25) is 0 Å². The van der Waals surface area contributed by atoms with Crippen molar-refractivity contribution in [2.45, 2.75) is 44.2 Å². The van der Waals surface area contributed by atoms with Gasteiger partial charge >= 0.3 is 6.09 Å². The van der Waals surface area contributed by atoms with Crippen LogP contribution in [-0.2, 0) is 4.74 Å². The Balaban J connectivity index is 2.40. The van der Waals surface area contributed by atoms with E-state index < -0.39 is 5.60 Å². The number of carbonyl (C=O) groups excluding carboxylic acids is 1. The van der Waals surface area contributed by atoms with E-state index in [1.54, 1.807) is 11.8 Å².